The zero-order valence-electron chi connectivity index (χ0n) is 15.2. The second kappa shape index (κ2) is 8.15. The fourth-order valence-electron chi connectivity index (χ4n) is 3.98. The lowest BCUT2D eigenvalue weighted by atomic mass is 9.88. The van der Waals surface area contributed by atoms with Crippen LogP contribution in [0, 0.1) is 11.8 Å². The summed E-state index contributed by atoms with van der Waals surface area (Å²) in [7, 11) is 0. The van der Waals surface area contributed by atoms with E-state index in [4.69, 9.17) is 0 Å². The molecule has 1 aromatic heterocycles. The van der Waals surface area contributed by atoms with Gasteiger partial charge in [0.1, 0.15) is 0 Å². The van der Waals surface area contributed by atoms with Gasteiger partial charge in [0.2, 0.25) is 5.91 Å². The molecule has 5 nitrogen and oxygen atoms in total. The van der Waals surface area contributed by atoms with Crippen molar-refractivity contribution in [2.24, 2.45) is 11.8 Å². The Bertz CT molecular complexity index is 533. The minimum Gasteiger partial charge on any atom is -0.356 e. The van der Waals surface area contributed by atoms with Gasteiger partial charge in [-0.2, -0.15) is 5.10 Å². The minimum absolute atomic E-state index is 0.276. The highest BCUT2D eigenvalue weighted by Crippen LogP contribution is 2.24. The normalized spacial score (nSPS) is 23.0. The van der Waals surface area contributed by atoms with E-state index >= 15 is 0 Å². The van der Waals surface area contributed by atoms with Crippen molar-refractivity contribution >= 4 is 5.91 Å². The van der Waals surface area contributed by atoms with E-state index in [1.807, 2.05) is 10.9 Å². The first-order valence-corrected chi connectivity index (χ1v) is 9.65. The monoisotopic (exact) mass is 332 g/mol. The molecule has 2 aliphatic rings. The van der Waals surface area contributed by atoms with Gasteiger partial charge in [-0.3, -0.25) is 14.4 Å². The van der Waals surface area contributed by atoms with E-state index in [0.29, 0.717) is 17.9 Å². The van der Waals surface area contributed by atoms with Gasteiger partial charge >= 0.3 is 0 Å². The first-order valence-electron chi connectivity index (χ1n) is 9.65. The Morgan fingerprint density at radius 3 is 2.79 bits per heavy atom. The Labute approximate surface area is 145 Å². The number of hydrogen-bond donors (Lipinski definition) is 1. The smallest absolute Gasteiger partial charge is 0.223 e. The van der Waals surface area contributed by atoms with Gasteiger partial charge in [-0.1, -0.05) is 19.3 Å². The van der Waals surface area contributed by atoms with Gasteiger partial charge in [0.05, 0.1) is 6.20 Å². The number of rotatable bonds is 6. The van der Waals surface area contributed by atoms with Crippen molar-refractivity contribution in [1.29, 1.82) is 0 Å². The second-order valence-electron chi connectivity index (χ2n) is 7.89. The number of hydrogen-bond acceptors (Lipinski definition) is 3. The van der Waals surface area contributed by atoms with Gasteiger partial charge in [0.25, 0.3) is 0 Å². The molecule has 2 fully saturated rings. The zero-order chi connectivity index (χ0) is 16.9. The molecular weight excluding hydrogens is 300 g/mol. The van der Waals surface area contributed by atoms with E-state index in [2.05, 4.69) is 35.4 Å². The second-order valence-corrected chi connectivity index (χ2v) is 7.89. The number of carbonyl (C=O) groups is 1. The van der Waals surface area contributed by atoms with Crippen LogP contribution in [0.1, 0.15) is 64.0 Å². The third-order valence-corrected chi connectivity index (χ3v) is 5.50. The van der Waals surface area contributed by atoms with E-state index in [1.54, 1.807) is 0 Å². The maximum Gasteiger partial charge on any atom is 0.223 e. The number of carbonyl (C=O) groups excluding carboxylic acids is 1. The molecule has 0 spiro atoms. The highest BCUT2D eigenvalue weighted by molar-refractivity contribution is 5.78. The van der Waals surface area contributed by atoms with Crippen LogP contribution in [-0.2, 0) is 11.3 Å². The highest BCUT2D eigenvalue weighted by Gasteiger charge is 2.25. The van der Waals surface area contributed by atoms with Crippen LogP contribution in [0.4, 0.5) is 0 Å². The lowest BCUT2D eigenvalue weighted by molar-refractivity contribution is -0.126. The zero-order valence-corrected chi connectivity index (χ0v) is 15.2. The predicted octanol–water partition coefficient (Wildman–Crippen LogP) is 2.98. The van der Waals surface area contributed by atoms with E-state index in [1.165, 1.54) is 31.2 Å². The van der Waals surface area contributed by atoms with Crippen LogP contribution < -0.4 is 5.32 Å². The maximum atomic E-state index is 12.3. The van der Waals surface area contributed by atoms with E-state index in [9.17, 15) is 4.79 Å². The van der Waals surface area contributed by atoms with Crippen molar-refractivity contribution in [3.8, 4) is 0 Å². The highest BCUT2D eigenvalue weighted by atomic mass is 16.1. The Balaban J connectivity index is 1.39. The Morgan fingerprint density at radius 1 is 1.29 bits per heavy atom. The molecule has 134 valence electrons. The van der Waals surface area contributed by atoms with Crippen molar-refractivity contribution in [2.75, 3.05) is 19.6 Å². The Morgan fingerprint density at radius 2 is 2.08 bits per heavy atom. The molecule has 1 saturated heterocycles. The summed E-state index contributed by atoms with van der Waals surface area (Å²) in [6.45, 7) is 8.32. The number of nitrogens with one attached hydrogen (secondary N) is 1. The lowest BCUT2D eigenvalue weighted by Gasteiger charge is -2.22. The molecule has 2 heterocycles. The topological polar surface area (TPSA) is 50.2 Å². The molecular formula is C19H32N4O. The van der Waals surface area contributed by atoms with Crippen LogP contribution in [0.25, 0.3) is 0 Å². The molecule has 0 radical (unpaired) electrons. The molecule has 1 aliphatic carbocycles. The third kappa shape index (κ3) is 4.59. The van der Waals surface area contributed by atoms with Crippen LogP contribution in [-0.4, -0.2) is 40.2 Å². The van der Waals surface area contributed by atoms with Gasteiger partial charge in [-0.15, -0.1) is 0 Å². The average molecular weight is 332 g/mol. The van der Waals surface area contributed by atoms with Gasteiger partial charge < -0.3 is 5.32 Å². The molecule has 1 amide bonds. The number of likely N-dealkylation sites (tertiary alicyclic amines) is 1. The van der Waals surface area contributed by atoms with Crippen LogP contribution in [0.5, 0.6) is 0 Å². The molecule has 5 heteroatoms. The molecule has 0 aromatic carbocycles. The fourth-order valence-corrected chi connectivity index (χ4v) is 3.98. The van der Waals surface area contributed by atoms with E-state index in [0.717, 1.165) is 39.0 Å². The van der Waals surface area contributed by atoms with Crippen molar-refractivity contribution in [2.45, 2.75) is 65.0 Å². The SMILES string of the molecule is CC(C)n1cc(CN2CC[C@@H](CNC(=O)C3CCCCC3)C2)cn1. The quantitative estimate of drug-likeness (QED) is 0.871. The molecule has 1 aliphatic heterocycles. The molecule has 0 bridgehead atoms. The van der Waals surface area contributed by atoms with Gasteiger partial charge in [-0.25, -0.2) is 0 Å². The van der Waals surface area contributed by atoms with Crippen molar-refractivity contribution in [1.82, 2.24) is 20.0 Å². The number of nitrogens with zero attached hydrogens (tertiary/aromatic N) is 3. The summed E-state index contributed by atoms with van der Waals surface area (Å²) in [5.41, 5.74) is 1.29. The van der Waals surface area contributed by atoms with Gasteiger partial charge in [0, 0.05) is 43.4 Å². The van der Waals surface area contributed by atoms with Crippen molar-refractivity contribution in [3.05, 3.63) is 18.0 Å². The first-order chi connectivity index (χ1) is 11.6. The third-order valence-electron chi connectivity index (χ3n) is 5.50. The van der Waals surface area contributed by atoms with Crippen LogP contribution in [0.3, 0.4) is 0 Å². The molecule has 1 saturated carbocycles. The van der Waals surface area contributed by atoms with E-state index in [-0.39, 0.29) is 5.92 Å². The van der Waals surface area contributed by atoms with Crippen LogP contribution in [0.15, 0.2) is 12.4 Å². The van der Waals surface area contributed by atoms with E-state index < -0.39 is 0 Å². The van der Waals surface area contributed by atoms with Crippen LogP contribution >= 0.6 is 0 Å². The molecule has 1 atom stereocenters. The van der Waals surface area contributed by atoms with Crippen molar-refractivity contribution in [3.63, 3.8) is 0 Å². The summed E-state index contributed by atoms with van der Waals surface area (Å²) in [5, 5.41) is 7.64. The molecule has 0 unspecified atom stereocenters. The summed E-state index contributed by atoms with van der Waals surface area (Å²) < 4.78 is 2.02. The summed E-state index contributed by atoms with van der Waals surface area (Å²) in [6.07, 6.45) is 11.2. The summed E-state index contributed by atoms with van der Waals surface area (Å²) >= 11 is 0. The maximum absolute atomic E-state index is 12.3. The van der Waals surface area contributed by atoms with Gasteiger partial charge in [-0.05, 0) is 45.6 Å². The fraction of sp³-hybridized carbons (Fsp3) is 0.789. The molecule has 1 aromatic rings. The number of aromatic nitrogens is 2. The predicted molar refractivity (Wildman–Crippen MR) is 95.6 cm³/mol. The first kappa shape index (κ1) is 17.5. The number of amides is 1. The van der Waals surface area contributed by atoms with Crippen LogP contribution in [0.2, 0.25) is 0 Å². The summed E-state index contributed by atoms with van der Waals surface area (Å²) in [5.74, 6) is 1.17. The molecule has 1 N–H and O–H groups in total. The molecule has 3 rings (SSSR count). The lowest BCUT2D eigenvalue weighted by Crippen LogP contribution is -2.36. The average Bonchev–Trinajstić information content (AvgIpc) is 3.23. The van der Waals surface area contributed by atoms with Crippen molar-refractivity contribution < 1.29 is 4.79 Å². The largest absolute Gasteiger partial charge is 0.356 e. The summed E-state index contributed by atoms with van der Waals surface area (Å²) in [4.78, 5) is 14.7. The Kier molecular flexibility index (Phi) is 5.93. The Hall–Kier alpha value is -1.36. The minimum atomic E-state index is 0.276. The molecule has 24 heavy (non-hydrogen) atoms. The summed E-state index contributed by atoms with van der Waals surface area (Å²) in [6, 6.07) is 0.417. The van der Waals surface area contributed by atoms with Gasteiger partial charge in [0.15, 0.2) is 0 Å². The standard InChI is InChI=1S/C19H32N4O/c1-15(2)23-14-17(11-21-23)13-22-9-8-16(12-22)10-20-19(24)18-6-4-3-5-7-18/h11,14-16,18H,3-10,12-13H2,1-2H3,(H,20,24)/t16-/m0/s1.